The minimum Gasteiger partial charge on any atom is -0.315 e. The number of hydrogen-bond acceptors (Lipinski definition) is 4. The summed E-state index contributed by atoms with van der Waals surface area (Å²) in [5.74, 6) is -0.0868. The molecule has 1 amide bonds. The maximum Gasteiger partial charge on any atom is 0.252 e. The van der Waals surface area contributed by atoms with E-state index in [9.17, 15) is 13.2 Å². The van der Waals surface area contributed by atoms with Crippen molar-refractivity contribution in [3.8, 4) is 0 Å². The van der Waals surface area contributed by atoms with Crippen LogP contribution in [-0.4, -0.2) is 42.3 Å². The van der Waals surface area contributed by atoms with Gasteiger partial charge in [-0.05, 0) is 37.1 Å². The number of thioether (sulfide) groups is 1. The molecule has 4 rings (SSSR count). The third-order valence-corrected chi connectivity index (χ3v) is 8.60. The number of anilines is 1. The maximum atomic E-state index is 12.7. The highest BCUT2D eigenvalue weighted by Crippen LogP contribution is 2.42. The van der Waals surface area contributed by atoms with Gasteiger partial charge in [-0.25, -0.2) is 8.42 Å². The van der Waals surface area contributed by atoms with Crippen LogP contribution >= 0.6 is 23.4 Å². The number of amides is 1. The molecule has 0 unspecified atom stereocenters. The van der Waals surface area contributed by atoms with Crippen molar-refractivity contribution in [2.75, 3.05) is 16.4 Å². The number of nitrogens with zero attached hydrogens (tertiary/aromatic N) is 2. The van der Waals surface area contributed by atoms with Gasteiger partial charge >= 0.3 is 0 Å². The molecule has 2 saturated heterocycles. The Bertz CT molecular complexity index is 1110. The number of carbonyl (C=O) groups is 1. The van der Waals surface area contributed by atoms with Gasteiger partial charge in [-0.1, -0.05) is 59.3 Å². The average Bonchev–Trinajstić information content (AvgIpc) is 3.08. The molecule has 2 aromatic rings. The van der Waals surface area contributed by atoms with Crippen molar-refractivity contribution in [1.82, 2.24) is 0 Å². The first-order chi connectivity index (χ1) is 13.7. The fourth-order valence-corrected chi connectivity index (χ4v) is 7.92. The molecule has 0 aromatic heterocycles. The number of aliphatic imine (C=N–C) groups is 1. The van der Waals surface area contributed by atoms with Crippen molar-refractivity contribution in [3.05, 3.63) is 64.2 Å². The van der Waals surface area contributed by atoms with Crippen molar-refractivity contribution in [2.45, 2.75) is 31.6 Å². The molecular weight excluding hydrogens is 428 g/mol. The van der Waals surface area contributed by atoms with Crippen LogP contribution in [0, 0.1) is 13.8 Å². The molecule has 2 aliphatic rings. The van der Waals surface area contributed by atoms with Gasteiger partial charge in [0.2, 0.25) is 0 Å². The molecule has 8 heteroatoms. The van der Waals surface area contributed by atoms with Gasteiger partial charge in [0.1, 0.15) is 0 Å². The largest absolute Gasteiger partial charge is 0.315 e. The van der Waals surface area contributed by atoms with Crippen molar-refractivity contribution in [3.63, 3.8) is 0 Å². The summed E-state index contributed by atoms with van der Waals surface area (Å²) in [7, 11) is -3.11. The lowest BCUT2D eigenvalue weighted by molar-refractivity contribution is -0.117. The third-order valence-electron chi connectivity index (χ3n) is 5.16. The summed E-state index contributed by atoms with van der Waals surface area (Å²) in [4.78, 5) is 19.0. The number of carbonyl (C=O) groups excluding carboxylic acids is 1. The molecule has 0 aliphatic carbocycles. The Morgan fingerprint density at radius 1 is 1.21 bits per heavy atom. The first-order valence-corrected chi connectivity index (χ1v) is 12.4. The minimum absolute atomic E-state index is 0.0573. The smallest absolute Gasteiger partial charge is 0.252 e. The molecule has 2 aliphatic heterocycles. The van der Waals surface area contributed by atoms with E-state index in [1.165, 1.54) is 11.8 Å². The van der Waals surface area contributed by atoms with E-state index in [0.717, 1.165) is 22.4 Å². The van der Waals surface area contributed by atoms with Crippen LogP contribution in [0.4, 0.5) is 5.69 Å². The number of benzene rings is 2. The second-order valence-electron chi connectivity index (χ2n) is 7.56. The van der Waals surface area contributed by atoms with Gasteiger partial charge in [0, 0.05) is 16.0 Å². The predicted octanol–water partition coefficient (Wildman–Crippen LogP) is 3.80. The molecule has 2 atom stereocenters. The molecule has 152 valence electrons. The summed E-state index contributed by atoms with van der Waals surface area (Å²) in [6.45, 7) is 3.93. The maximum absolute atomic E-state index is 12.7. The Hall–Kier alpha value is -1.83. The number of rotatable bonds is 3. The second-order valence-corrected chi connectivity index (χ2v) is 11.4. The van der Waals surface area contributed by atoms with E-state index >= 15 is 0 Å². The highest BCUT2D eigenvalue weighted by Gasteiger charge is 2.49. The van der Waals surface area contributed by atoms with Gasteiger partial charge in [-0.2, -0.15) is 4.99 Å². The van der Waals surface area contributed by atoms with Gasteiger partial charge in [0.05, 0.1) is 24.0 Å². The SMILES string of the molecule is Cc1cccc(CC(=O)N=C2S[C@@H]3CS(=O)(=O)C[C@H]3N2c2cc(Cl)ccc2C)c1. The van der Waals surface area contributed by atoms with E-state index in [-0.39, 0.29) is 35.1 Å². The summed E-state index contributed by atoms with van der Waals surface area (Å²) in [6, 6.07) is 13.0. The van der Waals surface area contributed by atoms with Crippen LogP contribution in [0.1, 0.15) is 16.7 Å². The highest BCUT2D eigenvalue weighted by atomic mass is 35.5. The Morgan fingerprint density at radius 2 is 2.00 bits per heavy atom. The number of halogens is 1. The molecular formula is C21H21ClN2O3S2. The van der Waals surface area contributed by atoms with Crippen LogP contribution in [0.15, 0.2) is 47.5 Å². The fourth-order valence-electron chi connectivity index (χ4n) is 3.83. The third kappa shape index (κ3) is 4.37. The predicted molar refractivity (Wildman–Crippen MR) is 120 cm³/mol. The molecule has 0 radical (unpaired) electrons. The first kappa shape index (κ1) is 20.4. The first-order valence-electron chi connectivity index (χ1n) is 9.31. The summed E-state index contributed by atoms with van der Waals surface area (Å²) in [6.07, 6.45) is 0.210. The second kappa shape index (κ2) is 7.78. The number of aryl methyl sites for hydroxylation is 2. The van der Waals surface area contributed by atoms with Crippen LogP contribution in [0.3, 0.4) is 0 Å². The molecule has 0 saturated carbocycles. The number of fused-ring (bicyclic) bond motifs is 1. The van der Waals surface area contributed by atoms with E-state index in [1.807, 2.05) is 55.1 Å². The molecule has 0 spiro atoms. The van der Waals surface area contributed by atoms with Gasteiger partial charge in [0.15, 0.2) is 15.0 Å². The van der Waals surface area contributed by atoms with E-state index in [1.54, 1.807) is 6.07 Å². The van der Waals surface area contributed by atoms with E-state index in [2.05, 4.69) is 4.99 Å². The minimum atomic E-state index is -3.11. The van der Waals surface area contributed by atoms with Crippen molar-refractivity contribution < 1.29 is 13.2 Å². The molecule has 0 bridgehead atoms. The fraction of sp³-hybridized carbons (Fsp3) is 0.333. The Balaban J connectivity index is 1.68. The molecule has 29 heavy (non-hydrogen) atoms. The van der Waals surface area contributed by atoms with Crippen LogP contribution < -0.4 is 4.90 Å². The zero-order valence-corrected chi connectivity index (χ0v) is 18.5. The Morgan fingerprint density at radius 3 is 2.76 bits per heavy atom. The lowest BCUT2D eigenvalue weighted by Gasteiger charge is -2.26. The van der Waals surface area contributed by atoms with Gasteiger partial charge in [0.25, 0.3) is 5.91 Å². The zero-order chi connectivity index (χ0) is 20.8. The lowest BCUT2D eigenvalue weighted by Crippen LogP contribution is -2.38. The zero-order valence-electron chi connectivity index (χ0n) is 16.1. The molecule has 2 fully saturated rings. The van der Waals surface area contributed by atoms with Gasteiger partial charge in [-0.3, -0.25) is 4.79 Å². The highest BCUT2D eigenvalue weighted by molar-refractivity contribution is 8.16. The summed E-state index contributed by atoms with van der Waals surface area (Å²) >= 11 is 7.59. The topological polar surface area (TPSA) is 66.8 Å². The van der Waals surface area contributed by atoms with Crippen LogP contribution in [0.2, 0.25) is 5.02 Å². The van der Waals surface area contributed by atoms with Crippen LogP contribution in [-0.2, 0) is 21.1 Å². The molecule has 2 aromatic carbocycles. The number of sulfone groups is 1. The van der Waals surface area contributed by atoms with Crippen LogP contribution in [0.25, 0.3) is 0 Å². The standard InChI is InChI=1S/C21H21ClN2O3S2/c1-13-4-3-5-15(8-13)9-20(25)23-21-24(17-10-16(22)7-6-14(17)2)18-11-29(26,27)12-19(18)28-21/h3-8,10,18-19H,9,11-12H2,1-2H3/t18-,19-/m1/s1. The number of amidine groups is 1. The van der Waals surface area contributed by atoms with Gasteiger partial charge < -0.3 is 4.90 Å². The summed E-state index contributed by atoms with van der Waals surface area (Å²) < 4.78 is 24.4. The molecule has 0 N–H and O–H groups in total. The normalized spacial score (nSPS) is 24.1. The monoisotopic (exact) mass is 448 g/mol. The lowest BCUT2D eigenvalue weighted by atomic mass is 10.1. The Labute approximate surface area is 180 Å². The quantitative estimate of drug-likeness (QED) is 0.714. The van der Waals surface area contributed by atoms with Crippen molar-refractivity contribution >= 4 is 50.0 Å². The van der Waals surface area contributed by atoms with Gasteiger partial charge in [-0.15, -0.1) is 0 Å². The summed E-state index contributed by atoms with van der Waals surface area (Å²) in [5.41, 5.74) is 3.76. The molecule has 2 heterocycles. The number of hydrogen-bond donors (Lipinski definition) is 0. The van der Waals surface area contributed by atoms with Crippen molar-refractivity contribution in [2.24, 2.45) is 4.99 Å². The van der Waals surface area contributed by atoms with Crippen molar-refractivity contribution in [1.29, 1.82) is 0 Å². The van der Waals surface area contributed by atoms with Crippen LogP contribution in [0.5, 0.6) is 0 Å². The van der Waals surface area contributed by atoms with E-state index in [4.69, 9.17) is 11.6 Å². The molecule has 5 nitrogen and oxygen atoms in total. The summed E-state index contributed by atoms with van der Waals surface area (Å²) in [5, 5.41) is 0.979. The van der Waals surface area contributed by atoms with E-state index in [0.29, 0.717) is 10.2 Å². The Kier molecular flexibility index (Phi) is 5.48. The average molecular weight is 449 g/mol. The van der Waals surface area contributed by atoms with E-state index < -0.39 is 9.84 Å².